The van der Waals surface area contributed by atoms with Crippen molar-refractivity contribution in [3.63, 3.8) is 0 Å². The Bertz CT molecular complexity index is 240. The Kier molecular flexibility index (Phi) is 4.77. The quantitative estimate of drug-likeness (QED) is 0.390. The maximum atomic E-state index is 11.2. The van der Waals surface area contributed by atoms with Crippen molar-refractivity contribution in [3.8, 4) is 0 Å². The second kappa shape index (κ2) is 5.07. The maximum absolute atomic E-state index is 11.2. The van der Waals surface area contributed by atoms with Crippen molar-refractivity contribution in [3.05, 3.63) is 10.6 Å². The van der Waals surface area contributed by atoms with E-state index >= 15 is 0 Å². The van der Waals surface area contributed by atoms with E-state index in [-0.39, 0.29) is 17.1 Å². The average molecular weight is 201 g/mol. The summed E-state index contributed by atoms with van der Waals surface area (Å²) in [6.07, 6.45) is 1.85. The molecule has 0 aliphatic rings. The van der Waals surface area contributed by atoms with Crippen molar-refractivity contribution in [2.45, 2.75) is 13.8 Å². The molecule has 0 aromatic heterocycles. The van der Waals surface area contributed by atoms with Gasteiger partial charge in [-0.05, 0) is 20.1 Å². The zero-order valence-corrected chi connectivity index (χ0v) is 9.49. The van der Waals surface area contributed by atoms with E-state index < -0.39 is 0 Å². The molecule has 4 heteroatoms. The molecule has 0 spiro atoms. The van der Waals surface area contributed by atoms with Crippen LogP contribution in [0.4, 0.5) is 0 Å². The largest absolute Gasteiger partial charge is 0.372 e. The molecular weight excluding hydrogens is 186 g/mol. The Balaban J connectivity index is 5.26. The number of allylic oxidation sites excluding steroid dienone is 1. The van der Waals surface area contributed by atoms with Gasteiger partial charge in [0, 0.05) is 14.1 Å². The van der Waals surface area contributed by atoms with Crippen molar-refractivity contribution in [2.24, 2.45) is 0 Å². The molecule has 0 unspecified atom stereocenters. The minimum Gasteiger partial charge on any atom is -0.372 e. The first kappa shape index (κ1) is 12.2. The molecule has 0 saturated heterocycles. The predicted molar refractivity (Wildman–Crippen MR) is 55.6 cm³/mol. The SMILES string of the molecule is CSC(=C(C(C)=O)C(C)=O)N(C)C. The third kappa shape index (κ3) is 3.22. The number of carbonyl (C=O) groups excluding carboxylic acids is 2. The van der Waals surface area contributed by atoms with Crippen molar-refractivity contribution in [1.82, 2.24) is 4.90 Å². The highest BCUT2D eigenvalue weighted by Gasteiger charge is 2.16. The third-order valence-electron chi connectivity index (χ3n) is 1.52. The van der Waals surface area contributed by atoms with Crippen LogP contribution in [0, 0.1) is 0 Å². The Morgan fingerprint density at radius 1 is 1.08 bits per heavy atom. The van der Waals surface area contributed by atoms with E-state index in [2.05, 4.69) is 0 Å². The monoisotopic (exact) mass is 201 g/mol. The second-order valence-electron chi connectivity index (χ2n) is 2.89. The zero-order chi connectivity index (χ0) is 10.6. The molecule has 0 fully saturated rings. The smallest absolute Gasteiger partial charge is 0.166 e. The van der Waals surface area contributed by atoms with Gasteiger partial charge in [-0.3, -0.25) is 9.59 Å². The number of carbonyl (C=O) groups is 2. The fourth-order valence-electron chi connectivity index (χ4n) is 1.06. The number of Topliss-reactive ketones (excluding diaryl/α,β-unsaturated/α-hetero) is 2. The van der Waals surface area contributed by atoms with Crippen LogP contribution >= 0.6 is 11.8 Å². The summed E-state index contributed by atoms with van der Waals surface area (Å²) in [6, 6.07) is 0. The predicted octanol–water partition coefficient (Wildman–Crippen LogP) is 1.30. The van der Waals surface area contributed by atoms with Gasteiger partial charge in [-0.2, -0.15) is 0 Å². The van der Waals surface area contributed by atoms with Gasteiger partial charge >= 0.3 is 0 Å². The Morgan fingerprint density at radius 2 is 1.46 bits per heavy atom. The van der Waals surface area contributed by atoms with Crippen LogP contribution in [-0.4, -0.2) is 36.8 Å². The minimum atomic E-state index is -0.175. The van der Waals surface area contributed by atoms with Gasteiger partial charge < -0.3 is 4.90 Å². The average Bonchev–Trinajstić information content (AvgIpc) is 1.97. The molecule has 0 aliphatic carbocycles. The van der Waals surface area contributed by atoms with Gasteiger partial charge in [0.15, 0.2) is 11.6 Å². The zero-order valence-electron chi connectivity index (χ0n) is 8.67. The van der Waals surface area contributed by atoms with E-state index in [0.29, 0.717) is 0 Å². The molecule has 0 N–H and O–H groups in total. The number of hydrogen-bond acceptors (Lipinski definition) is 4. The lowest BCUT2D eigenvalue weighted by atomic mass is 10.1. The Labute approximate surface area is 83.2 Å². The number of thioether (sulfide) groups is 1. The molecule has 74 valence electrons. The van der Waals surface area contributed by atoms with Gasteiger partial charge in [-0.25, -0.2) is 0 Å². The summed E-state index contributed by atoms with van der Waals surface area (Å²) in [4.78, 5) is 24.1. The lowest BCUT2D eigenvalue weighted by Gasteiger charge is -2.17. The molecule has 0 amide bonds. The summed E-state index contributed by atoms with van der Waals surface area (Å²) in [5.41, 5.74) is 0.289. The molecule has 0 heterocycles. The van der Waals surface area contributed by atoms with Crippen LogP contribution in [0.5, 0.6) is 0 Å². The van der Waals surface area contributed by atoms with Crippen LogP contribution < -0.4 is 0 Å². The summed E-state index contributed by atoms with van der Waals surface area (Å²) in [5, 5.41) is 0.722. The Hall–Kier alpha value is -0.770. The van der Waals surface area contributed by atoms with E-state index in [9.17, 15) is 9.59 Å². The molecular formula is C9H15NO2S. The van der Waals surface area contributed by atoms with Gasteiger partial charge in [0.2, 0.25) is 0 Å². The number of rotatable bonds is 4. The van der Waals surface area contributed by atoms with Gasteiger partial charge in [-0.1, -0.05) is 0 Å². The van der Waals surface area contributed by atoms with E-state index in [1.165, 1.54) is 25.6 Å². The van der Waals surface area contributed by atoms with Crippen LogP contribution in [0.15, 0.2) is 10.6 Å². The Morgan fingerprint density at radius 3 is 1.54 bits per heavy atom. The molecule has 13 heavy (non-hydrogen) atoms. The lowest BCUT2D eigenvalue weighted by molar-refractivity contribution is -0.119. The van der Waals surface area contributed by atoms with Gasteiger partial charge in [-0.15, -0.1) is 11.8 Å². The first-order valence-corrected chi connectivity index (χ1v) is 5.11. The van der Waals surface area contributed by atoms with Gasteiger partial charge in [0.1, 0.15) is 0 Å². The molecule has 0 saturated carbocycles. The maximum Gasteiger partial charge on any atom is 0.166 e. The van der Waals surface area contributed by atoms with Crippen molar-refractivity contribution >= 4 is 23.3 Å². The summed E-state index contributed by atoms with van der Waals surface area (Å²) in [7, 11) is 3.63. The second-order valence-corrected chi connectivity index (χ2v) is 3.69. The van der Waals surface area contributed by atoms with E-state index in [0.717, 1.165) is 5.03 Å². The van der Waals surface area contributed by atoms with Crippen LogP contribution in [0.2, 0.25) is 0 Å². The highest BCUT2D eigenvalue weighted by atomic mass is 32.2. The van der Waals surface area contributed by atoms with Crippen molar-refractivity contribution in [1.29, 1.82) is 0 Å². The lowest BCUT2D eigenvalue weighted by Crippen LogP contribution is -2.18. The summed E-state index contributed by atoms with van der Waals surface area (Å²) < 4.78 is 0. The van der Waals surface area contributed by atoms with E-state index in [4.69, 9.17) is 0 Å². The first-order valence-electron chi connectivity index (χ1n) is 3.89. The molecule has 3 nitrogen and oxygen atoms in total. The summed E-state index contributed by atoms with van der Waals surface area (Å²) >= 11 is 1.41. The molecule has 0 bridgehead atoms. The topological polar surface area (TPSA) is 37.4 Å². The molecule has 0 atom stereocenters. The van der Waals surface area contributed by atoms with Crippen LogP contribution in [0.3, 0.4) is 0 Å². The van der Waals surface area contributed by atoms with Crippen LogP contribution in [-0.2, 0) is 9.59 Å². The number of nitrogens with zero attached hydrogens (tertiary/aromatic N) is 1. The van der Waals surface area contributed by atoms with Gasteiger partial charge in [0.05, 0.1) is 10.6 Å². The fraction of sp³-hybridized carbons (Fsp3) is 0.556. The molecule has 0 radical (unpaired) electrons. The number of ketones is 2. The molecule has 0 aromatic rings. The molecule has 0 aromatic carbocycles. The minimum absolute atomic E-state index is 0.175. The number of hydrogen-bond donors (Lipinski definition) is 0. The van der Waals surface area contributed by atoms with Crippen molar-refractivity contribution in [2.75, 3.05) is 20.4 Å². The fourth-order valence-corrected chi connectivity index (χ4v) is 1.91. The highest BCUT2D eigenvalue weighted by Crippen LogP contribution is 2.20. The van der Waals surface area contributed by atoms with E-state index in [1.54, 1.807) is 4.90 Å². The molecule has 0 rings (SSSR count). The molecule has 0 aliphatic heterocycles. The first-order chi connectivity index (χ1) is 5.91. The van der Waals surface area contributed by atoms with Crippen molar-refractivity contribution < 1.29 is 9.59 Å². The van der Waals surface area contributed by atoms with Gasteiger partial charge in [0.25, 0.3) is 0 Å². The van der Waals surface area contributed by atoms with Crippen LogP contribution in [0.25, 0.3) is 0 Å². The summed E-state index contributed by atoms with van der Waals surface area (Å²) in [5.74, 6) is -0.351. The normalized spacial score (nSPS) is 9.31. The van der Waals surface area contributed by atoms with Crippen LogP contribution in [0.1, 0.15) is 13.8 Å². The van der Waals surface area contributed by atoms with E-state index in [1.807, 2.05) is 20.4 Å². The third-order valence-corrected chi connectivity index (χ3v) is 2.47. The summed E-state index contributed by atoms with van der Waals surface area (Å²) in [6.45, 7) is 2.83. The standard InChI is InChI=1S/C9H15NO2S/c1-6(11)8(7(2)12)9(13-5)10(3)4/h1-5H3. The highest BCUT2D eigenvalue weighted by molar-refractivity contribution is 8.02.